The molecule has 0 N–H and O–H groups in total. The summed E-state index contributed by atoms with van der Waals surface area (Å²) in [5, 5.41) is 0. The number of Topliss-reactive ketones (excluding diaryl/α,β-unsaturated/α-hetero) is 1. The van der Waals surface area contributed by atoms with Crippen molar-refractivity contribution in [2.75, 3.05) is 13.4 Å². The van der Waals surface area contributed by atoms with Crippen LogP contribution in [-0.2, 0) is 4.79 Å². The van der Waals surface area contributed by atoms with Crippen LogP contribution in [0.1, 0.15) is 20.3 Å². The van der Waals surface area contributed by atoms with E-state index in [0.29, 0.717) is 24.5 Å². The van der Waals surface area contributed by atoms with Gasteiger partial charge in [-0.2, -0.15) is 0 Å². The maximum atomic E-state index is 11.4. The molecule has 4 heteroatoms. The van der Waals surface area contributed by atoms with Crippen LogP contribution in [-0.4, -0.2) is 19.2 Å². The Morgan fingerprint density at radius 3 is 2.88 bits per heavy atom. The second kappa shape index (κ2) is 5.08. The number of hydrogen-bond donors (Lipinski definition) is 0. The zero-order valence-electron chi connectivity index (χ0n) is 10.1. The number of fused-ring (bicyclic) bond motifs is 1. The Labute approximate surface area is 100 Å². The molecular formula is C13H16O4. The van der Waals surface area contributed by atoms with E-state index < -0.39 is 0 Å². The normalized spacial score (nSPS) is 12.9. The Kier molecular flexibility index (Phi) is 3.52. The number of ketones is 1. The molecule has 0 aliphatic carbocycles. The van der Waals surface area contributed by atoms with Crippen molar-refractivity contribution < 1.29 is 19.0 Å². The van der Waals surface area contributed by atoms with Gasteiger partial charge in [0.1, 0.15) is 11.5 Å². The van der Waals surface area contributed by atoms with Crippen LogP contribution in [0, 0.1) is 5.92 Å². The Morgan fingerprint density at radius 1 is 1.35 bits per heavy atom. The van der Waals surface area contributed by atoms with Crippen molar-refractivity contribution in [1.82, 2.24) is 0 Å². The largest absolute Gasteiger partial charge is 0.493 e. The summed E-state index contributed by atoms with van der Waals surface area (Å²) in [6.45, 7) is 4.44. The first-order valence-electron chi connectivity index (χ1n) is 5.72. The predicted molar refractivity (Wildman–Crippen MR) is 62.5 cm³/mol. The molecule has 1 heterocycles. The van der Waals surface area contributed by atoms with Crippen molar-refractivity contribution in [1.29, 1.82) is 0 Å². The molecule has 1 aliphatic rings. The van der Waals surface area contributed by atoms with Crippen LogP contribution >= 0.6 is 0 Å². The number of ether oxygens (including phenoxy) is 3. The number of hydrogen-bond acceptors (Lipinski definition) is 4. The lowest BCUT2D eigenvalue weighted by atomic mass is 10.1. The summed E-state index contributed by atoms with van der Waals surface area (Å²) < 4.78 is 15.9. The Balaban J connectivity index is 1.85. The average molecular weight is 236 g/mol. The van der Waals surface area contributed by atoms with Gasteiger partial charge in [0.2, 0.25) is 6.79 Å². The quantitative estimate of drug-likeness (QED) is 0.787. The molecule has 4 nitrogen and oxygen atoms in total. The van der Waals surface area contributed by atoms with E-state index in [1.807, 2.05) is 26.0 Å². The molecule has 1 aliphatic heterocycles. The molecule has 0 saturated carbocycles. The molecule has 1 aromatic rings. The standard InChI is InChI=1S/C13H16O4/c1-9(2)11(14)5-6-15-10-3-4-12-13(7-10)17-8-16-12/h3-4,7,9H,5-6,8H2,1-2H3. The molecule has 0 amide bonds. The summed E-state index contributed by atoms with van der Waals surface area (Å²) >= 11 is 0. The molecule has 0 radical (unpaired) electrons. The van der Waals surface area contributed by atoms with E-state index >= 15 is 0 Å². The van der Waals surface area contributed by atoms with Crippen molar-refractivity contribution in [2.24, 2.45) is 5.92 Å². The average Bonchev–Trinajstić information content (AvgIpc) is 2.75. The highest BCUT2D eigenvalue weighted by Crippen LogP contribution is 2.35. The summed E-state index contributed by atoms with van der Waals surface area (Å²) in [7, 11) is 0. The summed E-state index contributed by atoms with van der Waals surface area (Å²) in [6.07, 6.45) is 0.437. The summed E-state index contributed by atoms with van der Waals surface area (Å²) in [5.74, 6) is 2.40. The number of rotatable bonds is 5. The molecular weight excluding hydrogens is 220 g/mol. The minimum Gasteiger partial charge on any atom is -0.493 e. The SMILES string of the molecule is CC(C)C(=O)CCOc1ccc2c(c1)OCO2. The smallest absolute Gasteiger partial charge is 0.231 e. The fourth-order valence-electron chi connectivity index (χ4n) is 1.52. The van der Waals surface area contributed by atoms with E-state index in [1.165, 1.54) is 0 Å². The van der Waals surface area contributed by atoms with E-state index in [-0.39, 0.29) is 18.5 Å². The number of carbonyl (C=O) groups excluding carboxylic acids is 1. The van der Waals surface area contributed by atoms with Crippen molar-refractivity contribution >= 4 is 5.78 Å². The van der Waals surface area contributed by atoms with Gasteiger partial charge in [0.05, 0.1) is 6.61 Å². The number of benzene rings is 1. The third-order valence-electron chi connectivity index (χ3n) is 2.61. The summed E-state index contributed by atoms with van der Waals surface area (Å²) in [4.78, 5) is 11.4. The molecule has 0 aromatic heterocycles. The molecule has 0 spiro atoms. The molecule has 0 atom stereocenters. The van der Waals surface area contributed by atoms with Gasteiger partial charge in [-0.1, -0.05) is 13.8 Å². The number of carbonyl (C=O) groups is 1. The maximum absolute atomic E-state index is 11.4. The lowest BCUT2D eigenvalue weighted by Crippen LogP contribution is -2.11. The molecule has 0 bridgehead atoms. The van der Waals surface area contributed by atoms with E-state index in [4.69, 9.17) is 14.2 Å². The van der Waals surface area contributed by atoms with Crippen molar-refractivity contribution in [2.45, 2.75) is 20.3 Å². The minimum absolute atomic E-state index is 0.0651. The van der Waals surface area contributed by atoms with Crippen LogP contribution < -0.4 is 14.2 Å². The van der Waals surface area contributed by atoms with Gasteiger partial charge in [-0.05, 0) is 12.1 Å². The molecule has 17 heavy (non-hydrogen) atoms. The van der Waals surface area contributed by atoms with Crippen LogP contribution in [0.3, 0.4) is 0 Å². The van der Waals surface area contributed by atoms with E-state index in [2.05, 4.69) is 0 Å². The van der Waals surface area contributed by atoms with Gasteiger partial charge in [-0.25, -0.2) is 0 Å². The van der Waals surface area contributed by atoms with E-state index in [9.17, 15) is 4.79 Å². The van der Waals surface area contributed by atoms with Gasteiger partial charge in [0.25, 0.3) is 0 Å². The van der Waals surface area contributed by atoms with Crippen LogP contribution in [0.5, 0.6) is 17.2 Å². The highest BCUT2D eigenvalue weighted by molar-refractivity contribution is 5.80. The van der Waals surface area contributed by atoms with Gasteiger partial charge in [0.15, 0.2) is 11.5 Å². The van der Waals surface area contributed by atoms with Crippen molar-refractivity contribution in [3.05, 3.63) is 18.2 Å². The summed E-state index contributed by atoms with van der Waals surface area (Å²) in [6, 6.07) is 5.40. The molecule has 2 rings (SSSR count). The third-order valence-corrected chi connectivity index (χ3v) is 2.61. The van der Waals surface area contributed by atoms with E-state index in [0.717, 1.165) is 5.75 Å². The third kappa shape index (κ3) is 2.90. The topological polar surface area (TPSA) is 44.8 Å². The fourth-order valence-corrected chi connectivity index (χ4v) is 1.52. The highest BCUT2D eigenvalue weighted by Gasteiger charge is 2.14. The van der Waals surface area contributed by atoms with Gasteiger partial charge in [-0.3, -0.25) is 4.79 Å². The second-order valence-electron chi connectivity index (χ2n) is 4.23. The molecule has 0 fully saturated rings. The Morgan fingerprint density at radius 2 is 2.12 bits per heavy atom. The molecule has 0 unspecified atom stereocenters. The summed E-state index contributed by atoms with van der Waals surface area (Å²) in [5.41, 5.74) is 0. The monoisotopic (exact) mass is 236 g/mol. The van der Waals surface area contributed by atoms with Gasteiger partial charge < -0.3 is 14.2 Å². The van der Waals surface area contributed by atoms with Crippen LogP contribution in [0.25, 0.3) is 0 Å². The zero-order valence-corrected chi connectivity index (χ0v) is 10.1. The van der Waals surface area contributed by atoms with Gasteiger partial charge in [0, 0.05) is 18.4 Å². The van der Waals surface area contributed by atoms with Crippen LogP contribution in [0.2, 0.25) is 0 Å². The lowest BCUT2D eigenvalue weighted by Gasteiger charge is -2.07. The van der Waals surface area contributed by atoms with Gasteiger partial charge >= 0.3 is 0 Å². The Bertz CT molecular complexity index is 412. The van der Waals surface area contributed by atoms with Gasteiger partial charge in [-0.15, -0.1) is 0 Å². The maximum Gasteiger partial charge on any atom is 0.231 e. The molecule has 92 valence electrons. The minimum atomic E-state index is 0.0651. The zero-order chi connectivity index (χ0) is 12.3. The van der Waals surface area contributed by atoms with Crippen molar-refractivity contribution in [3.63, 3.8) is 0 Å². The molecule has 0 saturated heterocycles. The predicted octanol–water partition coefficient (Wildman–Crippen LogP) is 2.41. The van der Waals surface area contributed by atoms with E-state index in [1.54, 1.807) is 6.07 Å². The first-order valence-corrected chi connectivity index (χ1v) is 5.72. The van der Waals surface area contributed by atoms with Crippen LogP contribution in [0.4, 0.5) is 0 Å². The lowest BCUT2D eigenvalue weighted by molar-refractivity contribution is -0.122. The first-order chi connectivity index (χ1) is 8.16. The van der Waals surface area contributed by atoms with Crippen LogP contribution in [0.15, 0.2) is 18.2 Å². The molecule has 1 aromatic carbocycles. The first kappa shape index (κ1) is 11.8. The fraction of sp³-hybridized carbons (Fsp3) is 0.462. The highest BCUT2D eigenvalue weighted by atomic mass is 16.7. The van der Waals surface area contributed by atoms with Crippen molar-refractivity contribution in [3.8, 4) is 17.2 Å². The Hall–Kier alpha value is -1.71. The second-order valence-corrected chi connectivity index (χ2v) is 4.23.